The van der Waals surface area contributed by atoms with Gasteiger partial charge in [0.1, 0.15) is 0 Å². The molecule has 1 aliphatic heterocycles. The Balaban J connectivity index is 1.46. The summed E-state index contributed by atoms with van der Waals surface area (Å²) in [7, 11) is 0. The first-order valence-electron chi connectivity index (χ1n) is 8.89. The van der Waals surface area contributed by atoms with Crippen LogP contribution in [0, 0.1) is 5.41 Å². The van der Waals surface area contributed by atoms with Gasteiger partial charge in [0.25, 0.3) is 0 Å². The van der Waals surface area contributed by atoms with Gasteiger partial charge in [-0.15, -0.1) is 0 Å². The van der Waals surface area contributed by atoms with E-state index in [0.29, 0.717) is 6.04 Å². The number of para-hydroxylation sites is 1. The number of rotatable bonds is 4. The van der Waals surface area contributed by atoms with E-state index in [1.165, 1.54) is 31.4 Å². The number of anilines is 1. The molecule has 0 spiro atoms. The van der Waals surface area contributed by atoms with Crippen molar-refractivity contribution in [1.29, 1.82) is 0 Å². The number of piperidine rings is 1. The van der Waals surface area contributed by atoms with Gasteiger partial charge < -0.3 is 15.3 Å². The average Bonchev–Trinajstić information content (AvgIpc) is 2.57. The molecule has 22 heavy (non-hydrogen) atoms. The highest BCUT2D eigenvalue weighted by atomic mass is 16.3. The molecule has 1 aliphatic carbocycles. The highest BCUT2D eigenvalue weighted by molar-refractivity contribution is 5.46. The Morgan fingerprint density at radius 2 is 1.86 bits per heavy atom. The number of hydrogen-bond donors (Lipinski definition) is 2. The molecule has 0 aromatic heterocycles. The number of nitrogens with zero attached hydrogens (tertiary/aromatic N) is 1. The van der Waals surface area contributed by atoms with Gasteiger partial charge in [-0.05, 0) is 37.8 Å². The quantitative estimate of drug-likeness (QED) is 0.896. The van der Waals surface area contributed by atoms with E-state index in [1.807, 2.05) is 0 Å². The summed E-state index contributed by atoms with van der Waals surface area (Å²) in [5.74, 6) is 0. The number of hydrogen-bond acceptors (Lipinski definition) is 3. The zero-order chi connectivity index (χ0) is 15.4. The lowest BCUT2D eigenvalue weighted by molar-refractivity contribution is -0.000685. The lowest BCUT2D eigenvalue weighted by Gasteiger charge is -2.41. The maximum Gasteiger partial charge on any atom is 0.0605 e. The highest BCUT2D eigenvalue weighted by Gasteiger charge is 2.35. The van der Waals surface area contributed by atoms with Crippen LogP contribution in [0.4, 0.5) is 5.69 Å². The summed E-state index contributed by atoms with van der Waals surface area (Å²) in [6, 6.07) is 11.3. The van der Waals surface area contributed by atoms with Crippen LogP contribution in [0.2, 0.25) is 0 Å². The molecule has 3 nitrogen and oxygen atoms in total. The molecule has 2 aliphatic rings. The maximum atomic E-state index is 10.3. The Morgan fingerprint density at radius 1 is 1.14 bits per heavy atom. The molecule has 0 amide bonds. The fourth-order valence-corrected chi connectivity index (χ4v) is 3.95. The van der Waals surface area contributed by atoms with Crippen LogP contribution >= 0.6 is 0 Å². The first kappa shape index (κ1) is 15.8. The third-order valence-corrected chi connectivity index (χ3v) is 5.69. The van der Waals surface area contributed by atoms with Gasteiger partial charge in [-0.3, -0.25) is 0 Å². The van der Waals surface area contributed by atoms with Crippen molar-refractivity contribution in [3.63, 3.8) is 0 Å². The second-order valence-electron chi connectivity index (χ2n) is 7.39. The van der Waals surface area contributed by atoms with E-state index in [0.717, 1.165) is 32.5 Å². The normalized spacial score (nSPS) is 30.5. The van der Waals surface area contributed by atoms with Gasteiger partial charge in [-0.2, -0.15) is 0 Å². The van der Waals surface area contributed by atoms with E-state index in [2.05, 4.69) is 47.5 Å². The summed E-state index contributed by atoms with van der Waals surface area (Å²) < 4.78 is 0. The monoisotopic (exact) mass is 302 g/mol. The van der Waals surface area contributed by atoms with Gasteiger partial charge in [-0.1, -0.05) is 38.0 Å². The third-order valence-electron chi connectivity index (χ3n) is 5.69. The Kier molecular flexibility index (Phi) is 5.04. The summed E-state index contributed by atoms with van der Waals surface area (Å²) in [5, 5.41) is 14.0. The minimum Gasteiger partial charge on any atom is -0.393 e. The molecule has 1 saturated carbocycles. The van der Waals surface area contributed by atoms with Crippen LogP contribution in [0.5, 0.6) is 0 Å². The Labute approximate surface area is 134 Å². The van der Waals surface area contributed by atoms with Crippen LogP contribution in [-0.2, 0) is 0 Å². The zero-order valence-corrected chi connectivity index (χ0v) is 13.8. The molecule has 0 radical (unpaired) electrons. The standard InChI is InChI=1S/C19H30N2O/c1-19(12-6-5-9-18(19)22)15-20-16-10-13-21(14-11-16)17-7-3-2-4-8-17/h2-4,7-8,16,18,20,22H,5-6,9-15H2,1H3. The van der Waals surface area contributed by atoms with E-state index in [9.17, 15) is 5.11 Å². The van der Waals surface area contributed by atoms with Crippen molar-refractivity contribution in [2.24, 2.45) is 5.41 Å². The van der Waals surface area contributed by atoms with Gasteiger partial charge in [0.15, 0.2) is 0 Å². The fourth-order valence-electron chi connectivity index (χ4n) is 3.95. The van der Waals surface area contributed by atoms with Gasteiger partial charge in [-0.25, -0.2) is 0 Å². The predicted molar refractivity (Wildman–Crippen MR) is 92.3 cm³/mol. The lowest BCUT2D eigenvalue weighted by Crippen LogP contribution is -2.49. The van der Waals surface area contributed by atoms with E-state index in [-0.39, 0.29) is 11.5 Å². The topological polar surface area (TPSA) is 35.5 Å². The summed E-state index contributed by atoms with van der Waals surface area (Å²) >= 11 is 0. The molecule has 1 heterocycles. The SMILES string of the molecule is CC1(CNC2CCN(c3ccccc3)CC2)CCCCC1O. The second-order valence-corrected chi connectivity index (χ2v) is 7.39. The van der Waals surface area contributed by atoms with Crippen LogP contribution in [-0.4, -0.2) is 36.9 Å². The van der Waals surface area contributed by atoms with E-state index in [1.54, 1.807) is 0 Å². The van der Waals surface area contributed by atoms with E-state index < -0.39 is 0 Å². The molecular weight excluding hydrogens is 272 g/mol. The maximum absolute atomic E-state index is 10.3. The zero-order valence-electron chi connectivity index (χ0n) is 13.8. The van der Waals surface area contributed by atoms with E-state index >= 15 is 0 Å². The third kappa shape index (κ3) is 3.64. The minimum absolute atomic E-state index is 0.0782. The Bertz CT molecular complexity index is 456. The average molecular weight is 302 g/mol. The van der Waals surface area contributed by atoms with Crippen molar-refractivity contribution in [2.45, 2.75) is 57.6 Å². The number of nitrogens with one attached hydrogen (secondary N) is 1. The van der Waals surface area contributed by atoms with Crippen molar-refractivity contribution in [2.75, 3.05) is 24.5 Å². The summed E-state index contributed by atoms with van der Waals surface area (Å²) in [6.07, 6.45) is 6.85. The minimum atomic E-state index is -0.127. The molecule has 1 aromatic rings. The van der Waals surface area contributed by atoms with Crippen LogP contribution in [0.25, 0.3) is 0 Å². The molecule has 1 saturated heterocycles. The van der Waals surface area contributed by atoms with Crippen molar-refractivity contribution >= 4 is 5.69 Å². The van der Waals surface area contributed by atoms with Gasteiger partial charge in [0, 0.05) is 36.8 Å². The molecule has 3 heteroatoms. The van der Waals surface area contributed by atoms with Crippen molar-refractivity contribution in [1.82, 2.24) is 5.32 Å². The number of aliphatic hydroxyl groups is 1. The largest absolute Gasteiger partial charge is 0.393 e. The van der Waals surface area contributed by atoms with E-state index in [4.69, 9.17) is 0 Å². The van der Waals surface area contributed by atoms with Crippen LogP contribution in [0.3, 0.4) is 0 Å². The summed E-state index contributed by atoms with van der Waals surface area (Å²) in [4.78, 5) is 2.48. The van der Waals surface area contributed by atoms with Gasteiger partial charge >= 0.3 is 0 Å². The Hall–Kier alpha value is -1.06. The van der Waals surface area contributed by atoms with Crippen LogP contribution in [0.1, 0.15) is 45.4 Å². The van der Waals surface area contributed by atoms with Gasteiger partial charge in [0.05, 0.1) is 6.10 Å². The van der Waals surface area contributed by atoms with Gasteiger partial charge in [0.2, 0.25) is 0 Å². The molecule has 1 aromatic carbocycles. The van der Waals surface area contributed by atoms with Crippen LogP contribution in [0.15, 0.2) is 30.3 Å². The van der Waals surface area contributed by atoms with Crippen LogP contribution < -0.4 is 10.2 Å². The molecule has 3 rings (SSSR count). The molecule has 2 fully saturated rings. The lowest BCUT2D eigenvalue weighted by atomic mass is 9.73. The first-order valence-corrected chi connectivity index (χ1v) is 8.89. The van der Waals surface area contributed by atoms with Crippen molar-refractivity contribution < 1.29 is 5.11 Å². The summed E-state index contributed by atoms with van der Waals surface area (Å²) in [5.41, 5.74) is 1.42. The molecule has 2 atom stereocenters. The molecular formula is C19H30N2O. The van der Waals surface area contributed by atoms with Crippen molar-refractivity contribution in [3.05, 3.63) is 30.3 Å². The molecule has 2 N–H and O–H groups in total. The Morgan fingerprint density at radius 3 is 2.55 bits per heavy atom. The molecule has 2 unspecified atom stereocenters. The molecule has 122 valence electrons. The smallest absolute Gasteiger partial charge is 0.0605 e. The fraction of sp³-hybridized carbons (Fsp3) is 0.684. The number of aliphatic hydroxyl groups excluding tert-OH is 1. The predicted octanol–water partition coefficient (Wildman–Crippen LogP) is 3.19. The van der Waals surface area contributed by atoms with Crippen molar-refractivity contribution in [3.8, 4) is 0 Å². The number of benzene rings is 1. The molecule has 0 bridgehead atoms. The first-order chi connectivity index (χ1) is 10.7. The summed E-state index contributed by atoms with van der Waals surface area (Å²) in [6.45, 7) is 5.47. The highest BCUT2D eigenvalue weighted by Crippen LogP contribution is 2.35. The second kappa shape index (κ2) is 7.01.